The molecule has 0 amide bonds. The van der Waals surface area contributed by atoms with Crippen molar-refractivity contribution in [3.05, 3.63) is 29.6 Å². The second-order valence-electron chi connectivity index (χ2n) is 4.98. The van der Waals surface area contributed by atoms with Crippen molar-refractivity contribution >= 4 is 10.0 Å². The van der Waals surface area contributed by atoms with Gasteiger partial charge in [-0.3, -0.25) is 0 Å². The zero-order valence-corrected chi connectivity index (χ0v) is 11.8. The highest BCUT2D eigenvalue weighted by Crippen LogP contribution is 2.15. The van der Waals surface area contributed by atoms with Gasteiger partial charge in [0.1, 0.15) is 5.82 Å². The Morgan fingerprint density at radius 1 is 1.47 bits per heavy atom. The molecule has 1 aliphatic rings. The fraction of sp³-hybridized carbons (Fsp3) is 0.538. The predicted molar refractivity (Wildman–Crippen MR) is 71.9 cm³/mol. The van der Waals surface area contributed by atoms with E-state index in [0.29, 0.717) is 18.0 Å². The first-order valence-electron chi connectivity index (χ1n) is 6.45. The lowest BCUT2D eigenvalue weighted by Crippen LogP contribution is -2.38. The molecule has 1 aromatic carbocycles. The summed E-state index contributed by atoms with van der Waals surface area (Å²) in [7, 11) is -3.54. The molecule has 1 saturated heterocycles. The Hall–Kier alpha value is -0.980. The lowest BCUT2D eigenvalue weighted by atomic mass is 10.0. The molecule has 4 nitrogen and oxygen atoms in total. The van der Waals surface area contributed by atoms with Crippen molar-refractivity contribution < 1.29 is 12.8 Å². The summed E-state index contributed by atoms with van der Waals surface area (Å²) < 4.78 is 39.9. The van der Waals surface area contributed by atoms with Gasteiger partial charge in [-0.2, -0.15) is 0 Å². The van der Waals surface area contributed by atoms with Crippen molar-refractivity contribution in [1.29, 1.82) is 0 Å². The van der Waals surface area contributed by atoms with Crippen LogP contribution in [0.25, 0.3) is 0 Å². The third-order valence-electron chi connectivity index (χ3n) is 3.40. The lowest BCUT2D eigenvalue weighted by Gasteiger charge is -2.22. The quantitative estimate of drug-likeness (QED) is 0.880. The maximum Gasteiger partial charge on any atom is 0.240 e. The lowest BCUT2D eigenvalue weighted by molar-refractivity contribution is 0.376. The van der Waals surface area contributed by atoms with E-state index >= 15 is 0 Å². The zero-order chi connectivity index (χ0) is 13.9. The summed E-state index contributed by atoms with van der Waals surface area (Å²) in [5.41, 5.74) is 0.335. The van der Waals surface area contributed by atoms with Crippen LogP contribution < -0.4 is 10.0 Å². The van der Waals surface area contributed by atoms with Crippen LogP contribution in [0.4, 0.5) is 4.39 Å². The number of hydrogen-bond donors (Lipinski definition) is 2. The van der Waals surface area contributed by atoms with E-state index in [9.17, 15) is 12.8 Å². The van der Waals surface area contributed by atoms with E-state index in [0.717, 1.165) is 25.9 Å². The van der Waals surface area contributed by atoms with Gasteiger partial charge in [-0.15, -0.1) is 0 Å². The number of halogens is 1. The van der Waals surface area contributed by atoms with Crippen molar-refractivity contribution in [2.45, 2.75) is 24.7 Å². The molecule has 0 radical (unpaired) electrons. The fourth-order valence-corrected chi connectivity index (χ4v) is 3.39. The van der Waals surface area contributed by atoms with Gasteiger partial charge in [-0.1, -0.05) is 0 Å². The van der Waals surface area contributed by atoms with Gasteiger partial charge in [0, 0.05) is 6.54 Å². The molecule has 2 N–H and O–H groups in total. The minimum atomic E-state index is -3.54. The highest BCUT2D eigenvalue weighted by molar-refractivity contribution is 7.89. The van der Waals surface area contributed by atoms with E-state index in [1.165, 1.54) is 18.2 Å². The molecule has 0 aromatic heterocycles. The topological polar surface area (TPSA) is 58.2 Å². The van der Waals surface area contributed by atoms with Gasteiger partial charge in [0.25, 0.3) is 0 Å². The summed E-state index contributed by atoms with van der Waals surface area (Å²) in [6.07, 6.45) is 2.10. The monoisotopic (exact) mass is 286 g/mol. The Morgan fingerprint density at radius 2 is 2.26 bits per heavy atom. The van der Waals surface area contributed by atoms with Gasteiger partial charge in [-0.25, -0.2) is 17.5 Å². The smallest absolute Gasteiger partial charge is 0.240 e. The molecule has 0 spiro atoms. The molecule has 0 bridgehead atoms. The van der Waals surface area contributed by atoms with Crippen LogP contribution in [0.5, 0.6) is 0 Å². The van der Waals surface area contributed by atoms with E-state index in [4.69, 9.17) is 0 Å². The minimum Gasteiger partial charge on any atom is -0.316 e. The van der Waals surface area contributed by atoms with Gasteiger partial charge in [0.15, 0.2) is 0 Å². The molecule has 0 aliphatic carbocycles. The molecule has 1 atom stereocenters. The average Bonchev–Trinajstić information content (AvgIpc) is 2.41. The van der Waals surface area contributed by atoms with E-state index < -0.39 is 15.8 Å². The summed E-state index contributed by atoms with van der Waals surface area (Å²) >= 11 is 0. The van der Waals surface area contributed by atoms with Crippen LogP contribution in [0.2, 0.25) is 0 Å². The van der Waals surface area contributed by atoms with E-state index in [1.54, 1.807) is 6.92 Å². The first kappa shape index (κ1) is 14.4. The van der Waals surface area contributed by atoms with Crippen molar-refractivity contribution in [3.63, 3.8) is 0 Å². The van der Waals surface area contributed by atoms with Crippen molar-refractivity contribution in [2.75, 3.05) is 19.6 Å². The second-order valence-corrected chi connectivity index (χ2v) is 6.74. The van der Waals surface area contributed by atoms with Crippen LogP contribution in [0, 0.1) is 18.7 Å². The molecule has 106 valence electrons. The SMILES string of the molecule is Cc1cc(S(=O)(=O)NC[C@@H]2CCCNC2)ccc1F. The Kier molecular flexibility index (Phi) is 4.54. The summed E-state index contributed by atoms with van der Waals surface area (Å²) in [6, 6.07) is 3.84. The third kappa shape index (κ3) is 3.75. The highest BCUT2D eigenvalue weighted by atomic mass is 32.2. The summed E-state index contributed by atoms with van der Waals surface area (Å²) in [5.74, 6) is -0.0690. The summed E-state index contributed by atoms with van der Waals surface area (Å²) in [6.45, 7) is 3.82. The number of piperidine rings is 1. The van der Waals surface area contributed by atoms with E-state index in [2.05, 4.69) is 10.0 Å². The molecule has 6 heteroatoms. The van der Waals surface area contributed by atoms with Crippen LogP contribution in [0.3, 0.4) is 0 Å². The average molecular weight is 286 g/mol. The molecule has 0 saturated carbocycles. The van der Waals surface area contributed by atoms with E-state index in [1.807, 2.05) is 0 Å². The summed E-state index contributed by atoms with van der Waals surface area (Å²) in [4.78, 5) is 0.121. The summed E-state index contributed by atoms with van der Waals surface area (Å²) in [5, 5.41) is 3.24. The largest absolute Gasteiger partial charge is 0.316 e. The highest BCUT2D eigenvalue weighted by Gasteiger charge is 2.19. The van der Waals surface area contributed by atoms with Crippen LogP contribution in [0.1, 0.15) is 18.4 Å². The standard InChI is InChI=1S/C13H19FN2O2S/c1-10-7-12(4-5-13(10)14)19(17,18)16-9-11-3-2-6-15-8-11/h4-5,7,11,15-16H,2-3,6,8-9H2,1H3/t11-/m1/s1. The number of sulfonamides is 1. The zero-order valence-electron chi connectivity index (χ0n) is 10.9. The number of aryl methyl sites for hydroxylation is 1. The van der Waals surface area contributed by atoms with Crippen LogP contribution in [-0.2, 0) is 10.0 Å². The molecular formula is C13H19FN2O2S. The Bertz CT molecular complexity index is 540. The van der Waals surface area contributed by atoms with Gasteiger partial charge in [0.2, 0.25) is 10.0 Å². The molecule has 2 rings (SSSR count). The Balaban J connectivity index is 2.02. The molecule has 1 aliphatic heterocycles. The Labute approximate surface area is 113 Å². The molecular weight excluding hydrogens is 267 g/mol. The molecule has 0 unspecified atom stereocenters. The predicted octanol–water partition coefficient (Wildman–Crippen LogP) is 1.41. The Morgan fingerprint density at radius 3 is 2.89 bits per heavy atom. The third-order valence-corrected chi connectivity index (χ3v) is 4.82. The van der Waals surface area contributed by atoms with Crippen molar-refractivity contribution in [2.24, 2.45) is 5.92 Å². The van der Waals surface area contributed by atoms with Crippen molar-refractivity contribution in [1.82, 2.24) is 10.0 Å². The number of nitrogens with one attached hydrogen (secondary N) is 2. The molecule has 1 aromatic rings. The van der Waals surface area contributed by atoms with Gasteiger partial charge in [-0.05, 0) is 62.5 Å². The van der Waals surface area contributed by atoms with E-state index in [-0.39, 0.29) is 4.90 Å². The molecule has 19 heavy (non-hydrogen) atoms. The molecule has 1 fully saturated rings. The second kappa shape index (κ2) is 5.98. The van der Waals surface area contributed by atoms with Crippen LogP contribution >= 0.6 is 0 Å². The maximum atomic E-state index is 13.1. The van der Waals surface area contributed by atoms with Crippen molar-refractivity contribution in [3.8, 4) is 0 Å². The van der Waals surface area contributed by atoms with Crippen LogP contribution in [-0.4, -0.2) is 28.1 Å². The minimum absolute atomic E-state index is 0.121. The number of hydrogen-bond acceptors (Lipinski definition) is 3. The molecule has 1 heterocycles. The maximum absolute atomic E-state index is 13.1. The fourth-order valence-electron chi connectivity index (χ4n) is 2.19. The van der Waals surface area contributed by atoms with Gasteiger partial charge in [0.05, 0.1) is 4.90 Å². The number of benzene rings is 1. The first-order chi connectivity index (χ1) is 8.99. The van der Waals surface area contributed by atoms with Gasteiger partial charge < -0.3 is 5.32 Å². The normalized spacial score (nSPS) is 20.4. The van der Waals surface area contributed by atoms with Crippen LogP contribution in [0.15, 0.2) is 23.1 Å². The number of rotatable bonds is 4. The first-order valence-corrected chi connectivity index (χ1v) is 7.94. The van der Waals surface area contributed by atoms with Gasteiger partial charge >= 0.3 is 0 Å².